The van der Waals surface area contributed by atoms with Gasteiger partial charge in [0, 0.05) is 39.5 Å². The topological polar surface area (TPSA) is 125 Å². The van der Waals surface area contributed by atoms with Gasteiger partial charge in [0.1, 0.15) is 34.2 Å². The van der Waals surface area contributed by atoms with E-state index in [1.807, 2.05) is 78.9 Å². The summed E-state index contributed by atoms with van der Waals surface area (Å²) in [6, 6.07) is 26.8. The molecule has 0 aliphatic rings. The molecule has 9 heteroatoms. The fourth-order valence-electron chi connectivity index (χ4n) is 5.84. The normalized spacial score (nSPS) is 11.2. The number of ether oxygens (including phenoxy) is 2. The molecule has 0 bridgehead atoms. The Labute approximate surface area is 269 Å². The van der Waals surface area contributed by atoms with Gasteiger partial charge in [-0.25, -0.2) is 0 Å². The number of pyridine rings is 2. The van der Waals surface area contributed by atoms with Crippen molar-refractivity contribution in [3.63, 3.8) is 0 Å². The zero-order valence-electron chi connectivity index (χ0n) is 25.6. The average Bonchev–Trinajstić information content (AvgIpc) is 3.75. The highest BCUT2D eigenvalue weighted by Gasteiger charge is 2.18. The second kappa shape index (κ2) is 12.5. The van der Waals surface area contributed by atoms with Crippen LogP contribution in [0.15, 0.2) is 119 Å². The molecule has 0 radical (unpaired) electrons. The Bertz CT molecular complexity index is 2330. The maximum atomic E-state index is 12.1. The zero-order valence-corrected chi connectivity index (χ0v) is 25.6. The third-order valence-electron chi connectivity index (χ3n) is 8.09. The van der Waals surface area contributed by atoms with E-state index in [1.165, 1.54) is 12.4 Å². The number of benzene rings is 4. The summed E-state index contributed by atoms with van der Waals surface area (Å²) in [4.78, 5) is 4.32. The Morgan fingerprint density at radius 2 is 1.17 bits per heavy atom. The lowest BCUT2D eigenvalue weighted by molar-refractivity contribution is -0.603. The minimum absolute atomic E-state index is 0.0474. The van der Waals surface area contributed by atoms with Crippen LogP contribution < -0.4 is 14.2 Å². The smallest absolute Gasteiger partial charge is 0.192 e. The van der Waals surface area contributed by atoms with Crippen molar-refractivity contribution in [1.82, 2.24) is 4.98 Å². The molecular formula is C38H30N2O7. The molecule has 0 fully saturated rings. The number of furan rings is 2. The molecule has 9 nitrogen and oxygen atoms in total. The maximum absolute atomic E-state index is 12.1. The Kier molecular flexibility index (Phi) is 7.91. The molecule has 0 aliphatic carbocycles. The van der Waals surface area contributed by atoms with Crippen LogP contribution in [0.5, 0.6) is 11.5 Å². The van der Waals surface area contributed by atoms with Crippen LogP contribution in [0.2, 0.25) is 0 Å². The van der Waals surface area contributed by atoms with E-state index in [4.69, 9.17) is 18.3 Å². The number of para-hydroxylation sites is 2. The molecule has 8 rings (SSSR count). The first kappa shape index (κ1) is 29.8. The Hall–Kier alpha value is -5.90. The van der Waals surface area contributed by atoms with Gasteiger partial charge in [0.15, 0.2) is 12.4 Å². The standard InChI is InChI=1S/C19H15NO4.C19H15NO3/c1-23-18-7-12(11-21)6-14-15(18)9-20(22)10-16(14)19-8-13-4-2-3-5-17(13)24-19;1-22-18-7-12(11-21)6-14-15(18)9-20-10-16(14)19-8-13-4-2-3-5-17(13)23-19/h2-10,21H,11H2,1H3;2-10,21H,11H2,1H3. The first-order valence-corrected chi connectivity index (χ1v) is 14.9. The van der Waals surface area contributed by atoms with E-state index in [1.54, 1.807) is 32.7 Å². The molecule has 0 aliphatic heterocycles. The van der Waals surface area contributed by atoms with E-state index in [0.717, 1.165) is 59.7 Å². The van der Waals surface area contributed by atoms with Crippen LogP contribution in [-0.2, 0) is 13.2 Å². The second-order valence-corrected chi connectivity index (χ2v) is 11.0. The molecule has 0 saturated carbocycles. The fourth-order valence-corrected chi connectivity index (χ4v) is 5.84. The molecular weight excluding hydrogens is 596 g/mol. The Balaban J connectivity index is 0.000000150. The highest BCUT2D eigenvalue weighted by Crippen LogP contribution is 2.37. The number of fused-ring (bicyclic) bond motifs is 4. The van der Waals surface area contributed by atoms with Gasteiger partial charge < -0.3 is 33.7 Å². The van der Waals surface area contributed by atoms with Crippen LogP contribution in [0.4, 0.5) is 0 Å². The van der Waals surface area contributed by atoms with E-state index in [0.29, 0.717) is 33.8 Å². The number of aliphatic hydroxyl groups excluding tert-OH is 2. The van der Waals surface area contributed by atoms with Crippen molar-refractivity contribution in [2.75, 3.05) is 14.2 Å². The molecule has 8 aromatic rings. The average molecular weight is 627 g/mol. The van der Waals surface area contributed by atoms with Crippen LogP contribution in [0, 0.1) is 5.21 Å². The number of aromatic nitrogens is 2. The molecule has 234 valence electrons. The Morgan fingerprint density at radius 1 is 0.638 bits per heavy atom. The Morgan fingerprint density at radius 3 is 1.72 bits per heavy atom. The van der Waals surface area contributed by atoms with Crippen LogP contribution in [0.1, 0.15) is 11.1 Å². The van der Waals surface area contributed by atoms with E-state index in [-0.39, 0.29) is 13.2 Å². The molecule has 0 atom stereocenters. The fraction of sp³-hybridized carbons (Fsp3) is 0.105. The molecule has 47 heavy (non-hydrogen) atoms. The predicted octanol–water partition coefficient (Wildman–Crippen LogP) is 7.54. The van der Waals surface area contributed by atoms with Crippen molar-refractivity contribution in [1.29, 1.82) is 0 Å². The summed E-state index contributed by atoms with van der Waals surface area (Å²) in [5.41, 5.74) is 4.63. The van der Waals surface area contributed by atoms with Crippen molar-refractivity contribution in [3.8, 4) is 34.1 Å². The molecule has 4 aromatic heterocycles. The van der Waals surface area contributed by atoms with Gasteiger partial charge in [-0.15, -0.1) is 0 Å². The van der Waals surface area contributed by atoms with E-state index >= 15 is 0 Å². The summed E-state index contributed by atoms with van der Waals surface area (Å²) in [6.07, 6.45) is 6.48. The molecule has 0 unspecified atom stereocenters. The third-order valence-corrected chi connectivity index (χ3v) is 8.09. The van der Waals surface area contributed by atoms with E-state index < -0.39 is 0 Å². The number of hydrogen-bond donors (Lipinski definition) is 2. The lowest BCUT2D eigenvalue weighted by Gasteiger charge is -2.10. The SMILES string of the molecule is COc1cc(CO)cc2c(-c3cc4ccccc4o3)c[n+]([O-])cc12.COc1cc(CO)cc2c(-c3cc4ccccc4o3)cncc12. The summed E-state index contributed by atoms with van der Waals surface area (Å²) in [7, 11) is 3.16. The van der Waals surface area contributed by atoms with Gasteiger partial charge in [0.2, 0.25) is 0 Å². The molecule has 0 spiro atoms. The third kappa shape index (κ3) is 5.58. The minimum Gasteiger partial charge on any atom is -0.619 e. The molecule has 0 saturated heterocycles. The lowest BCUT2D eigenvalue weighted by Crippen LogP contribution is -2.24. The number of aliphatic hydroxyl groups is 2. The number of rotatable bonds is 6. The molecule has 0 amide bonds. The summed E-state index contributed by atoms with van der Waals surface area (Å²) in [5.74, 6) is 2.58. The monoisotopic (exact) mass is 626 g/mol. The van der Waals surface area contributed by atoms with Crippen molar-refractivity contribution in [2.45, 2.75) is 13.2 Å². The van der Waals surface area contributed by atoms with Gasteiger partial charge in [0.25, 0.3) is 0 Å². The number of methoxy groups -OCH3 is 2. The predicted molar refractivity (Wildman–Crippen MR) is 180 cm³/mol. The van der Waals surface area contributed by atoms with Crippen LogP contribution in [0.3, 0.4) is 0 Å². The first-order valence-electron chi connectivity index (χ1n) is 14.9. The molecule has 4 heterocycles. The van der Waals surface area contributed by atoms with Gasteiger partial charge in [-0.3, -0.25) is 4.98 Å². The van der Waals surface area contributed by atoms with Gasteiger partial charge in [-0.1, -0.05) is 36.4 Å². The van der Waals surface area contributed by atoms with Crippen molar-refractivity contribution >= 4 is 43.5 Å². The van der Waals surface area contributed by atoms with Crippen LogP contribution in [-0.4, -0.2) is 29.4 Å². The van der Waals surface area contributed by atoms with Crippen molar-refractivity contribution < 1.29 is 33.3 Å². The summed E-state index contributed by atoms with van der Waals surface area (Å²) in [5, 5.41) is 36.4. The molecule has 2 N–H and O–H groups in total. The van der Waals surface area contributed by atoms with Gasteiger partial charge in [-0.05, 0) is 65.0 Å². The van der Waals surface area contributed by atoms with Crippen molar-refractivity contribution in [3.05, 3.63) is 126 Å². The molecule has 4 aromatic carbocycles. The van der Waals surface area contributed by atoms with Crippen LogP contribution in [0.25, 0.3) is 66.1 Å². The van der Waals surface area contributed by atoms with E-state index in [2.05, 4.69) is 4.98 Å². The van der Waals surface area contributed by atoms with Crippen molar-refractivity contribution in [2.24, 2.45) is 0 Å². The first-order chi connectivity index (χ1) is 23.0. The van der Waals surface area contributed by atoms with Crippen LogP contribution >= 0.6 is 0 Å². The maximum Gasteiger partial charge on any atom is 0.192 e. The quantitative estimate of drug-likeness (QED) is 0.143. The van der Waals surface area contributed by atoms with Gasteiger partial charge >= 0.3 is 0 Å². The summed E-state index contributed by atoms with van der Waals surface area (Å²) >= 11 is 0. The highest BCUT2D eigenvalue weighted by atomic mass is 16.5. The largest absolute Gasteiger partial charge is 0.619 e. The zero-order chi connectivity index (χ0) is 32.5. The second-order valence-electron chi connectivity index (χ2n) is 11.0. The van der Waals surface area contributed by atoms with Gasteiger partial charge in [0.05, 0.1) is 38.4 Å². The minimum atomic E-state index is -0.113. The number of hydrogen-bond acceptors (Lipinski definition) is 8. The van der Waals surface area contributed by atoms with Gasteiger partial charge in [-0.2, -0.15) is 4.73 Å². The lowest BCUT2D eigenvalue weighted by atomic mass is 10.0. The number of nitrogens with zero attached hydrogens (tertiary/aromatic N) is 2. The summed E-state index contributed by atoms with van der Waals surface area (Å²) in [6.45, 7) is -0.160. The summed E-state index contributed by atoms with van der Waals surface area (Å²) < 4.78 is 23.4. The highest BCUT2D eigenvalue weighted by molar-refractivity contribution is 6.01. The van der Waals surface area contributed by atoms with E-state index in [9.17, 15) is 15.4 Å².